The van der Waals surface area contributed by atoms with Crippen molar-refractivity contribution in [3.63, 3.8) is 0 Å². The van der Waals surface area contributed by atoms with E-state index in [1.54, 1.807) is 6.20 Å². The van der Waals surface area contributed by atoms with Gasteiger partial charge in [0.1, 0.15) is 5.65 Å². The molecule has 2 aromatic rings. The SMILES string of the molecule is Cc1c(I)[nH]c2ncccc12. The van der Waals surface area contributed by atoms with E-state index in [0.717, 1.165) is 5.65 Å². The van der Waals surface area contributed by atoms with Crippen LogP contribution >= 0.6 is 22.6 Å². The maximum absolute atomic E-state index is 4.20. The number of H-pyrrole nitrogens is 1. The summed E-state index contributed by atoms with van der Waals surface area (Å²) in [5.74, 6) is 0. The number of aromatic nitrogens is 2. The Bertz CT molecular complexity index is 392. The lowest BCUT2D eigenvalue weighted by Gasteiger charge is -1.86. The number of pyridine rings is 1. The number of hydrogen-bond acceptors (Lipinski definition) is 1. The van der Waals surface area contributed by atoms with E-state index in [0.29, 0.717) is 0 Å². The first kappa shape index (κ1) is 7.09. The van der Waals surface area contributed by atoms with Crippen molar-refractivity contribution < 1.29 is 0 Å². The number of rotatable bonds is 0. The van der Waals surface area contributed by atoms with E-state index in [2.05, 4.69) is 45.5 Å². The van der Waals surface area contributed by atoms with Crippen molar-refractivity contribution in [3.8, 4) is 0 Å². The van der Waals surface area contributed by atoms with Crippen molar-refractivity contribution in [3.05, 3.63) is 27.6 Å². The van der Waals surface area contributed by atoms with Crippen LogP contribution in [0.5, 0.6) is 0 Å². The molecule has 0 aliphatic rings. The Morgan fingerprint density at radius 3 is 3.09 bits per heavy atom. The minimum atomic E-state index is 0.981. The van der Waals surface area contributed by atoms with Crippen LogP contribution in [0.1, 0.15) is 5.56 Å². The summed E-state index contributed by atoms with van der Waals surface area (Å²) in [5, 5.41) is 1.22. The van der Waals surface area contributed by atoms with Gasteiger partial charge >= 0.3 is 0 Å². The molecule has 1 N–H and O–H groups in total. The summed E-state index contributed by atoms with van der Waals surface area (Å²) in [7, 11) is 0. The molecule has 0 atom stereocenters. The van der Waals surface area contributed by atoms with Crippen LogP contribution in [-0.4, -0.2) is 9.97 Å². The zero-order chi connectivity index (χ0) is 7.84. The molecular formula is C8H7IN2. The Morgan fingerprint density at radius 1 is 1.55 bits per heavy atom. The highest BCUT2D eigenvalue weighted by molar-refractivity contribution is 14.1. The van der Waals surface area contributed by atoms with Gasteiger partial charge < -0.3 is 4.98 Å². The summed E-state index contributed by atoms with van der Waals surface area (Å²) in [5.41, 5.74) is 2.27. The van der Waals surface area contributed by atoms with E-state index in [-0.39, 0.29) is 0 Å². The average molecular weight is 258 g/mol. The van der Waals surface area contributed by atoms with Crippen LogP contribution in [0.2, 0.25) is 0 Å². The number of fused-ring (bicyclic) bond motifs is 1. The molecule has 11 heavy (non-hydrogen) atoms. The molecule has 2 aromatic heterocycles. The maximum atomic E-state index is 4.20. The summed E-state index contributed by atoms with van der Waals surface area (Å²) in [6.45, 7) is 2.10. The summed E-state index contributed by atoms with van der Waals surface area (Å²) >= 11 is 2.28. The van der Waals surface area contributed by atoms with Gasteiger partial charge in [-0.3, -0.25) is 0 Å². The Kier molecular flexibility index (Phi) is 1.60. The smallest absolute Gasteiger partial charge is 0.138 e. The third-order valence-corrected chi connectivity index (χ3v) is 2.85. The summed E-state index contributed by atoms with van der Waals surface area (Å²) in [6.07, 6.45) is 1.80. The largest absolute Gasteiger partial charge is 0.334 e. The van der Waals surface area contributed by atoms with Gasteiger partial charge in [-0.15, -0.1) is 0 Å². The van der Waals surface area contributed by atoms with Crippen molar-refractivity contribution in [1.29, 1.82) is 0 Å². The van der Waals surface area contributed by atoms with Gasteiger partial charge in [-0.05, 0) is 47.2 Å². The van der Waals surface area contributed by atoms with Gasteiger partial charge in [0.2, 0.25) is 0 Å². The molecule has 0 radical (unpaired) electrons. The third kappa shape index (κ3) is 1.03. The lowest BCUT2D eigenvalue weighted by molar-refractivity contribution is 1.29. The van der Waals surface area contributed by atoms with E-state index in [1.165, 1.54) is 14.7 Å². The Morgan fingerprint density at radius 2 is 2.36 bits per heavy atom. The first-order chi connectivity index (χ1) is 5.29. The van der Waals surface area contributed by atoms with E-state index < -0.39 is 0 Å². The second-order valence-corrected chi connectivity index (χ2v) is 3.54. The van der Waals surface area contributed by atoms with Crippen LogP contribution in [-0.2, 0) is 0 Å². The highest BCUT2D eigenvalue weighted by atomic mass is 127. The highest BCUT2D eigenvalue weighted by Gasteiger charge is 2.03. The number of nitrogens with zero attached hydrogens (tertiary/aromatic N) is 1. The summed E-state index contributed by atoms with van der Waals surface area (Å²) in [6, 6.07) is 4.04. The number of halogens is 1. The van der Waals surface area contributed by atoms with E-state index in [4.69, 9.17) is 0 Å². The average Bonchev–Trinajstić information content (AvgIpc) is 2.30. The lowest BCUT2D eigenvalue weighted by Crippen LogP contribution is -1.72. The molecule has 0 saturated carbocycles. The molecule has 0 spiro atoms. The summed E-state index contributed by atoms with van der Waals surface area (Å²) in [4.78, 5) is 7.40. The molecule has 0 amide bonds. The van der Waals surface area contributed by atoms with Gasteiger partial charge in [0, 0.05) is 11.6 Å². The molecule has 0 aliphatic heterocycles. The fourth-order valence-electron chi connectivity index (χ4n) is 1.12. The van der Waals surface area contributed by atoms with Crippen LogP contribution in [0.15, 0.2) is 18.3 Å². The van der Waals surface area contributed by atoms with Crippen molar-refractivity contribution in [2.45, 2.75) is 6.92 Å². The number of aryl methyl sites for hydroxylation is 1. The Balaban J connectivity index is 2.92. The number of hydrogen-bond donors (Lipinski definition) is 1. The van der Waals surface area contributed by atoms with Gasteiger partial charge in [-0.1, -0.05) is 0 Å². The van der Waals surface area contributed by atoms with Crippen molar-refractivity contribution in [2.75, 3.05) is 0 Å². The second kappa shape index (κ2) is 2.48. The molecule has 0 saturated heterocycles. The fourth-order valence-corrected chi connectivity index (χ4v) is 1.67. The topological polar surface area (TPSA) is 28.7 Å². The van der Waals surface area contributed by atoms with Crippen molar-refractivity contribution >= 4 is 33.6 Å². The van der Waals surface area contributed by atoms with E-state index in [9.17, 15) is 0 Å². The minimum absolute atomic E-state index is 0.981. The quantitative estimate of drug-likeness (QED) is 0.722. The lowest BCUT2D eigenvalue weighted by atomic mass is 10.2. The molecule has 0 unspecified atom stereocenters. The zero-order valence-electron chi connectivity index (χ0n) is 6.06. The standard InChI is InChI=1S/C8H7IN2/c1-5-6-3-2-4-10-8(6)11-7(5)9/h2-4H,1H3,(H,10,11). The Labute approximate surface area is 78.2 Å². The van der Waals surface area contributed by atoms with Crippen LogP contribution in [0, 0.1) is 10.6 Å². The summed E-state index contributed by atoms with van der Waals surface area (Å²) < 4.78 is 1.18. The Hall–Kier alpha value is -0.580. The van der Waals surface area contributed by atoms with E-state index in [1.807, 2.05) is 6.07 Å². The maximum Gasteiger partial charge on any atom is 0.138 e. The molecule has 0 aliphatic carbocycles. The normalized spacial score (nSPS) is 10.7. The number of aromatic amines is 1. The second-order valence-electron chi connectivity index (χ2n) is 2.46. The van der Waals surface area contributed by atoms with Crippen LogP contribution < -0.4 is 0 Å². The molecule has 56 valence electrons. The van der Waals surface area contributed by atoms with Gasteiger partial charge in [0.05, 0.1) is 3.70 Å². The monoisotopic (exact) mass is 258 g/mol. The molecule has 2 rings (SSSR count). The van der Waals surface area contributed by atoms with Crippen molar-refractivity contribution in [1.82, 2.24) is 9.97 Å². The number of nitrogens with one attached hydrogen (secondary N) is 1. The molecular weight excluding hydrogens is 251 g/mol. The molecule has 0 bridgehead atoms. The molecule has 2 heterocycles. The van der Waals surface area contributed by atoms with E-state index >= 15 is 0 Å². The zero-order valence-corrected chi connectivity index (χ0v) is 8.21. The molecule has 2 nitrogen and oxygen atoms in total. The van der Waals surface area contributed by atoms with Crippen molar-refractivity contribution in [2.24, 2.45) is 0 Å². The molecule has 0 aromatic carbocycles. The fraction of sp³-hybridized carbons (Fsp3) is 0.125. The third-order valence-electron chi connectivity index (χ3n) is 1.77. The molecule has 0 fully saturated rings. The predicted molar refractivity (Wildman–Crippen MR) is 53.5 cm³/mol. The van der Waals surface area contributed by atoms with Gasteiger partial charge in [-0.2, -0.15) is 0 Å². The first-order valence-electron chi connectivity index (χ1n) is 3.38. The van der Waals surface area contributed by atoms with Crippen LogP contribution in [0.25, 0.3) is 11.0 Å². The van der Waals surface area contributed by atoms with Gasteiger partial charge in [0.15, 0.2) is 0 Å². The first-order valence-corrected chi connectivity index (χ1v) is 4.45. The highest BCUT2D eigenvalue weighted by Crippen LogP contribution is 2.20. The van der Waals surface area contributed by atoms with Crippen LogP contribution in [0.3, 0.4) is 0 Å². The predicted octanol–water partition coefficient (Wildman–Crippen LogP) is 2.48. The van der Waals surface area contributed by atoms with Crippen LogP contribution in [0.4, 0.5) is 0 Å². The molecule has 3 heteroatoms. The van der Waals surface area contributed by atoms with Gasteiger partial charge in [-0.25, -0.2) is 4.98 Å². The minimum Gasteiger partial charge on any atom is -0.334 e. The van der Waals surface area contributed by atoms with Gasteiger partial charge in [0.25, 0.3) is 0 Å².